The van der Waals surface area contributed by atoms with Crippen LogP contribution >= 0.6 is 0 Å². The lowest BCUT2D eigenvalue weighted by molar-refractivity contribution is -0.140. The number of phenolic OH excluding ortho intramolecular Hbond substituents is 1. The number of carbonyl (C=O) groups excluding carboxylic acids is 2. The Bertz CT molecular complexity index is 790. The van der Waals surface area contributed by atoms with Crippen LogP contribution in [0, 0.1) is 6.92 Å². The van der Waals surface area contributed by atoms with Crippen molar-refractivity contribution in [2.24, 2.45) is 0 Å². The summed E-state index contributed by atoms with van der Waals surface area (Å²) in [6.07, 6.45) is 1.87. The highest BCUT2D eigenvalue weighted by molar-refractivity contribution is 6.01. The molecule has 0 amide bonds. The molecule has 5 heteroatoms. The van der Waals surface area contributed by atoms with Gasteiger partial charge in [0.05, 0.1) is 7.11 Å². The molecule has 0 saturated heterocycles. The number of ether oxygens (including phenoxy) is 2. The van der Waals surface area contributed by atoms with E-state index in [1.807, 2.05) is 19.1 Å². The third-order valence-electron chi connectivity index (χ3n) is 3.61. The summed E-state index contributed by atoms with van der Waals surface area (Å²) in [6, 6.07) is 11.8. The Morgan fingerprint density at radius 3 is 2.44 bits per heavy atom. The number of aromatic hydroxyl groups is 1. The number of phenols is 1. The minimum Gasteiger partial charge on any atom is -0.504 e. The Kier molecular flexibility index (Phi) is 5.95. The summed E-state index contributed by atoms with van der Waals surface area (Å²) in [5.41, 5.74) is 2.20. The highest BCUT2D eigenvalue weighted by Crippen LogP contribution is 2.26. The summed E-state index contributed by atoms with van der Waals surface area (Å²) >= 11 is 0. The number of esters is 1. The molecule has 0 radical (unpaired) electrons. The summed E-state index contributed by atoms with van der Waals surface area (Å²) in [6.45, 7) is 3.47. The van der Waals surface area contributed by atoms with Crippen molar-refractivity contribution in [3.63, 3.8) is 0 Å². The molecule has 5 nitrogen and oxygen atoms in total. The third kappa shape index (κ3) is 4.94. The van der Waals surface area contributed by atoms with Crippen LogP contribution in [0.25, 0.3) is 6.08 Å². The summed E-state index contributed by atoms with van der Waals surface area (Å²) in [5, 5.41) is 9.54. The predicted molar refractivity (Wildman–Crippen MR) is 94.8 cm³/mol. The first-order valence-corrected chi connectivity index (χ1v) is 7.77. The Morgan fingerprint density at radius 1 is 1.12 bits per heavy atom. The molecule has 1 atom stereocenters. The molecule has 0 aliphatic carbocycles. The molecule has 0 fully saturated rings. The smallest absolute Gasteiger partial charge is 0.331 e. The zero-order valence-electron chi connectivity index (χ0n) is 14.4. The summed E-state index contributed by atoms with van der Waals surface area (Å²) < 4.78 is 10.1. The Hall–Kier alpha value is -3.08. The number of Topliss-reactive ketones (excluding diaryl/α,β-unsaturated/α-hetero) is 1. The van der Waals surface area contributed by atoms with Gasteiger partial charge in [-0.25, -0.2) is 4.79 Å². The lowest BCUT2D eigenvalue weighted by atomic mass is 10.1. The first-order chi connectivity index (χ1) is 11.9. The van der Waals surface area contributed by atoms with Gasteiger partial charge in [0, 0.05) is 11.6 Å². The summed E-state index contributed by atoms with van der Waals surface area (Å²) in [5.74, 6) is -0.564. The van der Waals surface area contributed by atoms with Gasteiger partial charge in [-0.2, -0.15) is 0 Å². The van der Waals surface area contributed by atoms with Gasteiger partial charge in [0.25, 0.3) is 0 Å². The number of methoxy groups -OCH3 is 1. The van der Waals surface area contributed by atoms with Crippen molar-refractivity contribution in [1.82, 2.24) is 0 Å². The molecule has 0 bridgehead atoms. The normalized spacial score (nSPS) is 12.0. The van der Waals surface area contributed by atoms with E-state index in [2.05, 4.69) is 0 Å². The fourth-order valence-corrected chi connectivity index (χ4v) is 2.18. The van der Waals surface area contributed by atoms with Crippen molar-refractivity contribution in [2.45, 2.75) is 20.0 Å². The van der Waals surface area contributed by atoms with E-state index in [1.165, 1.54) is 32.3 Å². The van der Waals surface area contributed by atoms with E-state index in [-0.39, 0.29) is 11.5 Å². The Labute approximate surface area is 146 Å². The van der Waals surface area contributed by atoms with Crippen LogP contribution in [0.2, 0.25) is 0 Å². The van der Waals surface area contributed by atoms with Crippen LogP contribution in [0.15, 0.2) is 48.5 Å². The molecular weight excluding hydrogens is 320 g/mol. The SMILES string of the molecule is COc1cc(/C=C/C(=O)OC(C)C(=O)c2ccc(C)cc2)ccc1O. The van der Waals surface area contributed by atoms with Crippen molar-refractivity contribution in [3.8, 4) is 11.5 Å². The number of aryl methyl sites for hydroxylation is 1. The van der Waals surface area contributed by atoms with Gasteiger partial charge in [0.1, 0.15) is 0 Å². The molecule has 0 aliphatic heterocycles. The average Bonchev–Trinajstić information content (AvgIpc) is 2.61. The minimum atomic E-state index is -0.880. The maximum Gasteiger partial charge on any atom is 0.331 e. The molecule has 2 rings (SSSR count). The van der Waals surface area contributed by atoms with Gasteiger partial charge in [-0.15, -0.1) is 0 Å². The van der Waals surface area contributed by atoms with Gasteiger partial charge in [0.2, 0.25) is 5.78 Å². The fraction of sp³-hybridized carbons (Fsp3) is 0.200. The molecule has 1 N–H and O–H groups in total. The van der Waals surface area contributed by atoms with Gasteiger partial charge >= 0.3 is 5.97 Å². The quantitative estimate of drug-likeness (QED) is 0.495. The van der Waals surface area contributed by atoms with E-state index in [9.17, 15) is 14.7 Å². The molecule has 0 heterocycles. The molecule has 2 aromatic carbocycles. The number of hydrogen-bond donors (Lipinski definition) is 1. The van der Waals surface area contributed by atoms with Crippen molar-refractivity contribution < 1.29 is 24.2 Å². The summed E-state index contributed by atoms with van der Waals surface area (Å²) in [7, 11) is 1.44. The number of carbonyl (C=O) groups is 2. The van der Waals surface area contributed by atoms with Gasteiger partial charge < -0.3 is 14.6 Å². The van der Waals surface area contributed by atoms with Crippen LogP contribution in [0.4, 0.5) is 0 Å². The number of rotatable bonds is 6. The number of hydrogen-bond acceptors (Lipinski definition) is 5. The maximum absolute atomic E-state index is 12.2. The first kappa shape index (κ1) is 18.3. The topological polar surface area (TPSA) is 72.8 Å². The molecule has 0 aliphatic rings. The van der Waals surface area contributed by atoms with Crippen LogP contribution in [0.1, 0.15) is 28.4 Å². The Balaban J connectivity index is 1.99. The fourth-order valence-electron chi connectivity index (χ4n) is 2.18. The average molecular weight is 340 g/mol. The number of ketones is 1. The summed E-state index contributed by atoms with van der Waals surface area (Å²) in [4.78, 5) is 24.1. The molecule has 0 saturated carbocycles. The van der Waals surface area contributed by atoms with E-state index >= 15 is 0 Å². The number of benzene rings is 2. The third-order valence-corrected chi connectivity index (χ3v) is 3.61. The molecule has 1 unspecified atom stereocenters. The van der Waals surface area contributed by atoms with Crippen molar-refractivity contribution in [1.29, 1.82) is 0 Å². The second-order valence-electron chi connectivity index (χ2n) is 5.57. The van der Waals surface area contributed by atoms with Crippen LogP contribution < -0.4 is 4.74 Å². The van der Waals surface area contributed by atoms with Crippen LogP contribution in [-0.2, 0) is 9.53 Å². The second-order valence-corrected chi connectivity index (χ2v) is 5.57. The standard InChI is InChI=1S/C20H20O5/c1-13-4-8-16(9-5-13)20(23)14(2)25-19(22)11-7-15-6-10-17(21)18(12-15)24-3/h4-12,14,21H,1-3H3/b11-7+. The molecule has 25 heavy (non-hydrogen) atoms. The lowest BCUT2D eigenvalue weighted by Crippen LogP contribution is -2.23. The van der Waals surface area contributed by atoms with Crippen LogP contribution in [0.5, 0.6) is 11.5 Å². The largest absolute Gasteiger partial charge is 0.504 e. The maximum atomic E-state index is 12.2. The highest BCUT2D eigenvalue weighted by atomic mass is 16.5. The zero-order chi connectivity index (χ0) is 18.4. The molecule has 130 valence electrons. The minimum absolute atomic E-state index is 0.0135. The van der Waals surface area contributed by atoms with Gasteiger partial charge in [-0.05, 0) is 37.6 Å². The molecule has 0 aromatic heterocycles. The predicted octanol–water partition coefficient (Wildman–Crippen LogP) is 3.54. The van der Waals surface area contributed by atoms with E-state index in [0.29, 0.717) is 16.9 Å². The van der Waals surface area contributed by atoms with Crippen LogP contribution in [0.3, 0.4) is 0 Å². The lowest BCUT2D eigenvalue weighted by Gasteiger charge is -2.11. The van der Waals surface area contributed by atoms with E-state index < -0.39 is 12.1 Å². The molecular formula is C20H20O5. The second kappa shape index (κ2) is 8.15. The zero-order valence-corrected chi connectivity index (χ0v) is 14.4. The van der Waals surface area contributed by atoms with Crippen molar-refractivity contribution in [2.75, 3.05) is 7.11 Å². The van der Waals surface area contributed by atoms with E-state index in [0.717, 1.165) is 5.56 Å². The monoisotopic (exact) mass is 340 g/mol. The molecule has 2 aromatic rings. The first-order valence-electron chi connectivity index (χ1n) is 7.77. The molecule has 0 spiro atoms. The van der Waals surface area contributed by atoms with E-state index in [4.69, 9.17) is 9.47 Å². The van der Waals surface area contributed by atoms with Crippen LogP contribution in [-0.4, -0.2) is 30.1 Å². The van der Waals surface area contributed by atoms with Gasteiger partial charge in [0.15, 0.2) is 17.6 Å². The highest BCUT2D eigenvalue weighted by Gasteiger charge is 2.18. The van der Waals surface area contributed by atoms with E-state index in [1.54, 1.807) is 24.3 Å². The van der Waals surface area contributed by atoms with Crippen molar-refractivity contribution >= 4 is 17.8 Å². The van der Waals surface area contributed by atoms with Crippen molar-refractivity contribution in [3.05, 3.63) is 65.2 Å². The van der Waals surface area contributed by atoms with Gasteiger partial charge in [-0.3, -0.25) is 4.79 Å². The Morgan fingerprint density at radius 2 is 1.80 bits per heavy atom. The van der Waals surface area contributed by atoms with Gasteiger partial charge in [-0.1, -0.05) is 35.9 Å².